The smallest absolute Gasteiger partial charge is 0.207 e. The van der Waals surface area contributed by atoms with E-state index in [1.54, 1.807) is 42.7 Å². The normalized spacial score (nSPS) is 17.8. The number of carbonyl (C=O) groups is 1. The number of rotatable bonds is 2. The average molecular weight is 338 g/mol. The summed E-state index contributed by atoms with van der Waals surface area (Å²) in [6.45, 7) is 0. The minimum Gasteiger partial charge on any atom is -0.439 e. The zero-order valence-electron chi connectivity index (χ0n) is 12.5. The van der Waals surface area contributed by atoms with Gasteiger partial charge in [0.05, 0.1) is 12.1 Å². The van der Waals surface area contributed by atoms with Crippen LogP contribution in [-0.2, 0) is 9.53 Å². The van der Waals surface area contributed by atoms with E-state index in [-0.39, 0.29) is 18.0 Å². The van der Waals surface area contributed by atoms with Gasteiger partial charge in [0.15, 0.2) is 5.76 Å². The number of ether oxygens (including phenoxy) is 1. The fourth-order valence-electron chi connectivity index (χ4n) is 2.54. The monoisotopic (exact) mass is 337 g/mol. The van der Waals surface area contributed by atoms with Gasteiger partial charge in [-0.05, 0) is 36.4 Å². The first kappa shape index (κ1) is 14.7. The molecule has 24 heavy (non-hydrogen) atoms. The number of aliphatic imine (C=N–C) groups is 1. The second kappa shape index (κ2) is 5.94. The predicted octanol–water partition coefficient (Wildman–Crippen LogP) is 4.28. The number of benzene rings is 1. The maximum Gasteiger partial charge on any atom is 0.207 e. The van der Waals surface area contributed by atoms with Gasteiger partial charge in [0.1, 0.15) is 5.65 Å². The van der Waals surface area contributed by atoms with Crippen LogP contribution >= 0.6 is 11.6 Å². The zero-order valence-corrected chi connectivity index (χ0v) is 13.2. The van der Waals surface area contributed by atoms with E-state index in [4.69, 9.17) is 16.3 Å². The molecular weight excluding hydrogens is 326 g/mol. The van der Waals surface area contributed by atoms with Crippen molar-refractivity contribution in [1.82, 2.24) is 9.97 Å². The maximum absolute atomic E-state index is 12.2. The summed E-state index contributed by atoms with van der Waals surface area (Å²) in [4.78, 5) is 23.8. The number of aromatic amines is 1. The van der Waals surface area contributed by atoms with Crippen LogP contribution in [0.25, 0.3) is 17.1 Å². The molecule has 4 rings (SSSR count). The lowest BCUT2D eigenvalue weighted by molar-refractivity contribution is -0.114. The molecule has 0 radical (unpaired) electrons. The largest absolute Gasteiger partial charge is 0.439 e. The molecule has 0 spiro atoms. The molecule has 0 saturated carbocycles. The minimum atomic E-state index is -0.103. The first-order valence-electron chi connectivity index (χ1n) is 7.37. The first-order valence-corrected chi connectivity index (χ1v) is 7.75. The van der Waals surface area contributed by atoms with Crippen molar-refractivity contribution in [2.45, 2.75) is 6.42 Å². The van der Waals surface area contributed by atoms with Gasteiger partial charge in [-0.3, -0.25) is 4.79 Å². The van der Waals surface area contributed by atoms with Crippen molar-refractivity contribution in [2.24, 2.45) is 4.99 Å². The maximum atomic E-state index is 12.2. The van der Waals surface area contributed by atoms with Crippen LogP contribution in [0.4, 0.5) is 5.69 Å². The summed E-state index contributed by atoms with van der Waals surface area (Å²) in [5.74, 6) is 0.543. The predicted molar refractivity (Wildman–Crippen MR) is 93.3 cm³/mol. The Kier molecular flexibility index (Phi) is 3.63. The van der Waals surface area contributed by atoms with Crippen molar-refractivity contribution in [3.63, 3.8) is 0 Å². The van der Waals surface area contributed by atoms with Gasteiger partial charge in [-0.1, -0.05) is 17.7 Å². The van der Waals surface area contributed by atoms with Gasteiger partial charge in [0, 0.05) is 28.4 Å². The van der Waals surface area contributed by atoms with Gasteiger partial charge in [-0.15, -0.1) is 0 Å². The molecular formula is C18H12ClN3O2. The van der Waals surface area contributed by atoms with Gasteiger partial charge < -0.3 is 9.72 Å². The molecule has 1 aromatic carbocycles. The number of H-pyrrole nitrogens is 1. The number of pyridine rings is 1. The van der Waals surface area contributed by atoms with Gasteiger partial charge in [0.25, 0.3) is 0 Å². The lowest BCUT2D eigenvalue weighted by Gasteiger charge is -1.99. The number of carbonyl (C=O) groups excluding carboxylic acids is 1. The highest BCUT2D eigenvalue weighted by Gasteiger charge is 2.26. The number of fused-ring (bicyclic) bond motifs is 1. The number of halogens is 1. The summed E-state index contributed by atoms with van der Waals surface area (Å²) in [5.41, 5.74) is 2.27. The third kappa shape index (κ3) is 2.81. The van der Waals surface area contributed by atoms with Crippen LogP contribution in [0.5, 0.6) is 0 Å². The lowest BCUT2D eigenvalue weighted by Crippen LogP contribution is -1.92. The Morgan fingerprint density at radius 3 is 3.08 bits per heavy atom. The molecule has 1 fully saturated rings. The SMILES string of the molecule is O=C1CC(=Nc2cccc(Cl)c2)O/C1=C\c1c[nH]c2ncccc12. The van der Waals surface area contributed by atoms with Crippen LogP contribution in [0, 0.1) is 0 Å². The highest BCUT2D eigenvalue weighted by molar-refractivity contribution is 6.30. The summed E-state index contributed by atoms with van der Waals surface area (Å²) in [5, 5.41) is 1.52. The molecule has 6 heteroatoms. The summed E-state index contributed by atoms with van der Waals surface area (Å²) >= 11 is 5.94. The Morgan fingerprint density at radius 1 is 1.29 bits per heavy atom. The van der Waals surface area contributed by atoms with Gasteiger partial charge in [-0.2, -0.15) is 0 Å². The zero-order chi connectivity index (χ0) is 16.5. The van der Waals surface area contributed by atoms with Gasteiger partial charge in [-0.25, -0.2) is 9.98 Å². The molecule has 1 saturated heterocycles. The molecule has 0 bridgehead atoms. The van der Waals surface area contributed by atoms with E-state index in [0.29, 0.717) is 16.6 Å². The molecule has 1 aliphatic heterocycles. The Balaban J connectivity index is 1.64. The second-order valence-electron chi connectivity index (χ2n) is 5.34. The van der Waals surface area contributed by atoms with Gasteiger partial charge >= 0.3 is 0 Å². The molecule has 1 N–H and O–H groups in total. The van der Waals surface area contributed by atoms with Crippen molar-refractivity contribution >= 4 is 46.1 Å². The van der Waals surface area contributed by atoms with E-state index >= 15 is 0 Å². The van der Waals surface area contributed by atoms with Crippen LogP contribution < -0.4 is 0 Å². The molecule has 0 unspecified atom stereocenters. The number of nitrogens with one attached hydrogen (secondary N) is 1. The Bertz CT molecular complexity index is 1000. The molecule has 0 atom stereocenters. The highest BCUT2D eigenvalue weighted by atomic mass is 35.5. The quantitative estimate of drug-likeness (QED) is 0.710. The third-order valence-electron chi connectivity index (χ3n) is 3.65. The summed E-state index contributed by atoms with van der Waals surface area (Å²) < 4.78 is 5.62. The molecule has 1 aliphatic rings. The van der Waals surface area contributed by atoms with Crippen LogP contribution in [0.3, 0.4) is 0 Å². The summed E-state index contributed by atoms with van der Waals surface area (Å²) in [6.07, 6.45) is 5.36. The third-order valence-corrected chi connectivity index (χ3v) is 3.88. The number of nitrogens with zero attached hydrogens (tertiary/aromatic N) is 2. The molecule has 118 valence electrons. The van der Waals surface area contributed by atoms with Crippen LogP contribution in [0.1, 0.15) is 12.0 Å². The van der Waals surface area contributed by atoms with E-state index < -0.39 is 0 Å². The standard InChI is InChI=1S/C18H12ClN3O2/c19-12-3-1-4-13(8-12)22-17-9-15(23)16(24-17)7-11-10-21-18-14(11)5-2-6-20-18/h1-8,10H,9H2,(H,20,21)/b16-7-,22-17?. The number of hydrogen-bond acceptors (Lipinski definition) is 4. The number of hydrogen-bond donors (Lipinski definition) is 1. The van der Waals surface area contributed by atoms with Crippen molar-refractivity contribution in [2.75, 3.05) is 0 Å². The fraction of sp³-hybridized carbons (Fsp3) is 0.0556. The minimum absolute atomic E-state index is 0.103. The van der Waals surface area contributed by atoms with Crippen LogP contribution in [0.15, 0.2) is 59.5 Å². The Hall–Kier alpha value is -2.92. The number of ketones is 1. The van der Waals surface area contributed by atoms with E-state index in [0.717, 1.165) is 16.6 Å². The van der Waals surface area contributed by atoms with Crippen molar-refractivity contribution in [3.05, 3.63) is 65.1 Å². The molecule has 0 aliphatic carbocycles. The van der Waals surface area contributed by atoms with E-state index in [1.807, 2.05) is 12.1 Å². The van der Waals surface area contributed by atoms with Gasteiger partial charge in [0.2, 0.25) is 11.7 Å². The molecule has 3 heterocycles. The number of Topliss-reactive ketones (excluding diaryl/α,β-unsaturated/α-hetero) is 1. The van der Waals surface area contributed by atoms with Crippen molar-refractivity contribution in [3.8, 4) is 0 Å². The fourth-order valence-corrected chi connectivity index (χ4v) is 2.73. The van der Waals surface area contributed by atoms with E-state index in [2.05, 4.69) is 15.0 Å². The lowest BCUT2D eigenvalue weighted by atomic mass is 10.1. The summed E-state index contributed by atoms with van der Waals surface area (Å²) in [7, 11) is 0. The number of allylic oxidation sites excluding steroid dienone is 1. The highest BCUT2D eigenvalue weighted by Crippen LogP contribution is 2.25. The first-order chi connectivity index (χ1) is 11.7. The topological polar surface area (TPSA) is 67.3 Å². The molecule has 3 aromatic rings. The van der Waals surface area contributed by atoms with Crippen molar-refractivity contribution in [1.29, 1.82) is 0 Å². The van der Waals surface area contributed by atoms with Crippen LogP contribution in [-0.4, -0.2) is 21.6 Å². The summed E-state index contributed by atoms with van der Waals surface area (Å²) in [6, 6.07) is 10.9. The van der Waals surface area contributed by atoms with Crippen molar-refractivity contribution < 1.29 is 9.53 Å². The Labute approximate surface area is 142 Å². The average Bonchev–Trinajstić information content (AvgIpc) is 3.12. The van der Waals surface area contributed by atoms with E-state index in [1.165, 1.54) is 0 Å². The van der Waals surface area contributed by atoms with E-state index in [9.17, 15) is 4.79 Å². The molecule has 2 aromatic heterocycles. The molecule has 0 amide bonds. The number of aromatic nitrogens is 2. The molecule has 5 nitrogen and oxygen atoms in total. The Morgan fingerprint density at radius 2 is 2.21 bits per heavy atom. The second-order valence-corrected chi connectivity index (χ2v) is 5.78. The van der Waals surface area contributed by atoms with Crippen LogP contribution in [0.2, 0.25) is 5.02 Å².